The van der Waals surface area contributed by atoms with Gasteiger partial charge in [0.2, 0.25) is 0 Å². The first kappa shape index (κ1) is 20.1. The minimum absolute atomic E-state index is 0.0926. The van der Waals surface area contributed by atoms with Crippen LogP contribution in [0.2, 0.25) is 0 Å². The van der Waals surface area contributed by atoms with E-state index in [9.17, 15) is 9.59 Å². The highest BCUT2D eigenvalue weighted by Crippen LogP contribution is 2.25. The lowest BCUT2D eigenvalue weighted by atomic mass is 9.97. The smallest absolute Gasteiger partial charge is 0.410 e. The number of fused-ring (bicyclic) bond motifs is 3. The SMILES string of the molecule is Cc1ccc(Cn2c(=O)c3c(c4cccnc42)CCN(C(=O)OC(C)(C)C)C3)cc1. The minimum atomic E-state index is -0.573. The van der Waals surface area contributed by atoms with E-state index >= 15 is 0 Å². The lowest BCUT2D eigenvalue weighted by Crippen LogP contribution is -2.43. The number of nitrogens with zero attached hydrogens (tertiary/aromatic N) is 3. The van der Waals surface area contributed by atoms with Gasteiger partial charge in [-0.1, -0.05) is 29.8 Å². The number of amides is 1. The molecule has 3 aromatic rings. The predicted octanol–water partition coefficient (Wildman–Crippen LogP) is 4.05. The van der Waals surface area contributed by atoms with Gasteiger partial charge in [-0.3, -0.25) is 9.36 Å². The number of hydrogen-bond donors (Lipinski definition) is 0. The van der Waals surface area contributed by atoms with E-state index in [1.54, 1.807) is 15.7 Å². The summed E-state index contributed by atoms with van der Waals surface area (Å²) < 4.78 is 7.24. The van der Waals surface area contributed by atoms with Crippen molar-refractivity contribution in [2.24, 2.45) is 0 Å². The molecule has 0 atom stereocenters. The van der Waals surface area contributed by atoms with Gasteiger partial charge in [0.1, 0.15) is 11.2 Å². The molecule has 3 heterocycles. The first-order chi connectivity index (χ1) is 14.2. The predicted molar refractivity (Wildman–Crippen MR) is 117 cm³/mol. The summed E-state index contributed by atoms with van der Waals surface area (Å²) in [6, 6.07) is 12.0. The normalized spacial score (nSPS) is 13.9. The van der Waals surface area contributed by atoms with Crippen LogP contribution in [0.25, 0.3) is 11.0 Å². The Bertz CT molecular complexity index is 1160. The first-order valence-corrected chi connectivity index (χ1v) is 10.3. The highest BCUT2D eigenvalue weighted by atomic mass is 16.6. The quantitative estimate of drug-likeness (QED) is 0.645. The van der Waals surface area contributed by atoms with Crippen molar-refractivity contribution in [1.82, 2.24) is 14.5 Å². The number of aryl methyl sites for hydroxylation is 1. The van der Waals surface area contributed by atoms with E-state index in [1.807, 2.05) is 64.1 Å². The minimum Gasteiger partial charge on any atom is -0.444 e. The van der Waals surface area contributed by atoms with Crippen LogP contribution in [0.5, 0.6) is 0 Å². The van der Waals surface area contributed by atoms with Crippen molar-refractivity contribution < 1.29 is 9.53 Å². The molecule has 4 rings (SSSR count). The van der Waals surface area contributed by atoms with Gasteiger partial charge in [0.15, 0.2) is 0 Å². The summed E-state index contributed by atoms with van der Waals surface area (Å²) in [7, 11) is 0. The molecule has 1 aromatic carbocycles. The molecule has 156 valence electrons. The molecule has 1 amide bonds. The molecule has 0 N–H and O–H groups in total. The van der Waals surface area contributed by atoms with Crippen LogP contribution in [-0.2, 0) is 24.2 Å². The van der Waals surface area contributed by atoms with Crippen LogP contribution in [-0.4, -0.2) is 32.7 Å². The summed E-state index contributed by atoms with van der Waals surface area (Å²) in [6.07, 6.45) is 1.94. The second-order valence-electron chi connectivity index (χ2n) is 8.86. The van der Waals surface area contributed by atoms with Crippen LogP contribution in [0, 0.1) is 6.92 Å². The standard InChI is InChI=1S/C24H27N3O3/c1-16-7-9-17(10-8-16)14-27-21-19(6-5-12-25-21)18-11-13-26(15-20(18)22(27)28)23(29)30-24(2,3)4/h5-10,12H,11,13-15H2,1-4H3. The van der Waals surface area contributed by atoms with Gasteiger partial charge in [-0.25, -0.2) is 9.78 Å². The number of ether oxygens (including phenoxy) is 1. The molecule has 0 fully saturated rings. The van der Waals surface area contributed by atoms with Crippen LogP contribution in [0.3, 0.4) is 0 Å². The zero-order valence-electron chi connectivity index (χ0n) is 17.9. The topological polar surface area (TPSA) is 64.4 Å². The summed E-state index contributed by atoms with van der Waals surface area (Å²) in [5.41, 5.74) is 3.87. The van der Waals surface area contributed by atoms with Gasteiger partial charge in [0.05, 0.1) is 13.1 Å². The average molecular weight is 405 g/mol. The number of benzene rings is 1. The fourth-order valence-corrected chi connectivity index (χ4v) is 3.87. The molecule has 0 radical (unpaired) electrons. The number of carbonyl (C=O) groups is 1. The molecule has 0 saturated carbocycles. The monoisotopic (exact) mass is 405 g/mol. The third-order valence-corrected chi connectivity index (χ3v) is 5.33. The zero-order valence-corrected chi connectivity index (χ0v) is 17.9. The molecular weight excluding hydrogens is 378 g/mol. The van der Waals surface area contributed by atoms with E-state index in [2.05, 4.69) is 4.98 Å². The van der Waals surface area contributed by atoms with Crippen molar-refractivity contribution in [3.05, 3.63) is 75.2 Å². The summed E-state index contributed by atoms with van der Waals surface area (Å²) in [4.78, 5) is 32.2. The Labute approximate surface area is 176 Å². The van der Waals surface area contributed by atoms with Crippen molar-refractivity contribution in [2.75, 3.05) is 6.54 Å². The van der Waals surface area contributed by atoms with Crippen molar-refractivity contribution in [1.29, 1.82) is 0 Å². The maximum Gasteiger partial charge on any atom is 0.410 e. The summed E-state index contributed by atoms with van der Waals surface area (Å²) in [5, 5.41) is 0.975. The fraction of sp³-hybridized carbons (Fsp3) is 0.375. The van der Waals surface area contributed by atoms with E-state index in [0.717, 1.165) is 16.5 Å². The Kier molecular flexibility index (Phi) is 5.10. The summed E-state index contributed by atoms with van der Waals surface area (Å²) in [5.74, 6) is 0. The molecule has 0 bridgehead atoms. The summed E-state index contributed by atoms with van der Waals surface area (Å²) in [6.45, 7) is 8.78. The lowest BCUT2D eigenvalue weighted by Gasteiger charge is -2.31. The van der Waals surface area contributed by atoms with Crippen LogP contribution >= 0.6 is 0 Å². The van der Waals surface area contributed by atoms with Crippen LogP contribution in [0.15, 0.2) is 47.4 Å². The van der Waals surface area contributed by atoms with Crippen LogP contribution in [0.1, 0.15) is 43.0 Å². The second kappa shape index (κ2) is 7.59. The van der Waals surface area contributed by atoms with E-state index in [0.29, 0.717) is 30.7 Å². The van der Waals surface area contributed by atoms with Gasteiger partial charge in [0.25, 0.3) is 5.56 Å². The molecule has 1 aliphatic rings. The Morgan fingerprint density at radius 1 is 1.13 bits per heavy atom. The molecular formula is C24H27N3O3. The van der Waals surface area contributed by atoms with E-state index in [1.165, 1.54) is 5.56 Å². The third-order valence-electron chi connectivity index (χ3n) is 5.33. The van der Waals surface area contributed by atoms with Crippen molar-refractivity contribution in [3.8, 4) is 0 Å². The van der Waals surface area contributed by atoms with Gasteiger partial charge in [0, 0.05) is 23.7 Å². The fourth-order valence-electron chi connectivity index (χ4n) is 3.87. The third kappa shape index (κ3) is 3.95. The van der Waals surface area contributed by atoms with Crippen molar-refractivity contribution in [2.45, 2.75) is 52.8 Å². The zero-order chi connectivity index (χ0) is 21.5. The molecule has 0 saturated heterocycles. The average Bonchev–Trinajstić information content (AvgIpc) is 2.71. The molecule has 0 unspecified atom stereocenters. The van der Waals surface area contributed by atoms with Crippen LogP contribution < -0.4 is 5.56 Å². The molecule has 6 heteroatoms. The number of hydrogen-bond acceptors (Lipinski definition) is 4. The molecule has 1 aliphatic heterocycles. The van der Waals surface area contributed by atoms with Gasteiger partial charge in [-0.15, -0.1) is 0 Å². The van der Waals surface area contributed by atoms with E-state index in [4.69, 9.17) is 4.74 Å². The van der Waals surface area contributed by atoms with E-state index in [-0.39, 0.29) is 18.2 Å². The van der Waals surface area contributed by atoms with Gasteiger partial charge in [-0.05, 0) is 57.4 Å². The lowest BCUT2D eigenvalue weighted by molar-refractivity contribution is 0.0223. The van der Waals surface area contributed by atoms with Crippen molar-refractivity contribution >= 4 is 17.1 Å². The van der Waals surface area contributed by atoms with Crippen molar-refractivity contribution in [3.63, 3.8) is 0 Å². The number of pyridine rings is 2. The largest absolute Gasteiger partial charge is 0.444 e. The van der Waals surface area contributed by atoms with E-state index < -0.39 is 5.60 Å². The molecule has 2 aromatic heterocycles. The highest BCUT2D eigenvalue weighted by Gasteiger charge is 2.29. The Morgan fingerprint density at radius 2 is 1.87 bits per heavy atom. The molecule has 6 nitrogen and oxygen atoms in total. The molecule has 0 spiro atoms. The number of carbonyl (C=O) groups excluding carboxylic acids is 1. The summed E-state index contributed by atoms with van der Waals surface area (Å²) >= 11 is 0. The number of rotatable bonds is 2. The molecule has 0 aliphatic carbocycles. The van der Waals surface area contributed by atoms with Gasteiger partial charge in [-0.2, -0.15) is 0 Å². The first-order valence-electron chi connectivity index (χ1n) is 10.3. The van der Waals surface area contributed by atoms with Gasteiger partial charge < -0.3 is 9.64 Å². The Morgan fingerprint density at radius 3 is 2.57 bits per heavy atom. The maximum atomic E-state index is 13.5. The van der Waals surface area contributed by atoms with Crippen LogP contribution in [0.4, 0.5) is 4.79 Å². The number of aromatic nitrogens is 2. The Balaban J connectivity index is 1.77. The Hall–Kier alpha value is -3.15. The maximum absolute atomic E-state index is 13.5. The molecule has 30 heavy (non-hydrogen) atoms. The highest BCUT2D eigenvalue weighted by molar-refractivity contribution is 5.81. The second-order valence-corrected chi connectivity index (χ2v) is 8.86. The van der Waals surface area contributed by atoms with Gasteiger partial charge >= 0.3 is 6.09 Å².